The molecule has 19 heavy (non-hydrogen) atoms. The predicted octanol–water partition coefficient (Wildman–Crippen LogP) is 2.93. The number of benzene rings is 1. The summed E-state index contributed by atoms with van der Waals surface area (Å²) in [6, 6.07) is 9.38. The molecular formula is C16H26N2O. The van der Waals surface area contributed by atoms with Crippen molar-refractivity contribution in [2.75, 3.05) is 26.2 Å². The third kappa shape index (κ3) is 6.39. The molecule has 1 amide bonds. The van der Waals surface area contributed by atoms with E-state index in [-0.39, 0.29) is 5.91 Å². The van der Waals surface area contributed by atoms with Crippen LogP contribution in [0.15, 0.2) is 30.3 Å². The molecule has 0 aliphatic rings. The first kappa shape index (κ1) is 15.7. The normalized spacial score (nSPS) is 10.7. The van der Waals surface area contributed by atoms with Crippen molar-refractivity contribution in [2.45, 2.75) is 33.1 Å². The molecule has 0 radical (unpaired) electrons. The second kappa shape index (κ2) is 9.56. The molecule has 1 aromatic carbocycles. The predicted molar refractivity (Wildman–Crippen MR) is 80.4 cm³/mol. The first-order chi connectivity index (χ1) is 9.27. The number of unbranched alkanes of at least 4 members (excludes halogenated alkanes) is 2. The average Bonchev–Trinajstić information content (AvgIpc) is 2.47. The van der Waals surface area contributed by atoms with Crippen molar-refractivity contribution >= 4 is 5.91 Å². The Balaban J connectivity index is 2.07. The van der Waals surface area contributed by atoms with E-state index in [9.17, 15) is 4.79 Å². The Bertz CT molecular complexity index is 347. The third-order valence-electron chi connectivity index (χ3n) is 3.37. The number of amides is 1. The molecule has 0 spiro atoms. The summed E-state index contributed by atoms with van der Waals surface area (Å²) in [5.41, 5.74) is 0.741. The smallest absolute Gasteiger partial charge is 0.251 e. The van der Waals surface area contributed by atoms with Gasteiger partial charge in [0.15, 0.2) is 0 Å². The number of nitrogens with one attached hydrogen (secondary N) is 1. The van der Waals surface area contributed by atoms with Crippen molar-refractivity contribution in [1.29, 1.82) is 0 Å². The van der Waals surface area contributed by atoms with Gasteiger partial charge < -0.3 is 10.2 Å². The summed E-state index contributed by atoms with van der Waals surface area (Å²) in [7, 11) is 0. The van der Waals surface area contributed by atoms with Gasteiger partial charge in [0.2, 0.25) is 0 Å². The van der Waals surface area contributed by atoms with Crippen LogP contribution in [0.2, 0.25) is 0 Å². The largest absolute Gasteiger partial charge is 0.352 e. The monoisotopic (exact) mass is 262 g/mol. The van der Waals surface area contributed by atoms with Crippen molar-refractivity contribution in [3.8, 4) is 0 Å². The molecular weight excluding hydrogens is 236 g/mol. The molecule has 0 aromatic heterocycles. The molecule has 0 saturated heterocycles. The number of hydrogen-bond acceptors (Lipinski definition) is 2. The first-order valence-electron chi connectivity index (χ1n) is 7.33. The summed E-state index contributed by atoms with van der Waals surface area (Å²) in [6.45, 7) is 8.58. The maximum Gasteiger partial charge on any atom is 0.251 e. The van der Waals surface area contributed by atoms with Crippen molar-refractivity contribution in [3.05, 3.63) is 35.9 Å². The number of hydrogen-bond donors (Lipinski definition) is 1. The average molecular weight is 262 g/mol. The summed E-state index contributed by atoms with van der Waals surface area (Å²) >= 11 is 0. The maximum absolute atomic E-state index is 11.8. The van der Waals surface area contributed by atoms with Crippen LogP contribution in [0.5, 0.6) is 0 Å². The minimum absolute atomic E-state index is 0.0318. The van der Waals surface area contributed by atoms with Crippen LogP contribution in [0.3, 0.4) is 0 Å². The van der Waals surface area contributed by atoms with E-state index >= 15 is 0 Å². The van der Waals surface area contributed by atoms with E-state index in [0.717, 1.165) is 31.6 Å². The summed E-state index contributed by atoms with van der Waals surface area (Å²) < 4.78 is 0. The van der Waals surface area contributed by atoms with E-state index in [2.05, 4.69) is 24.1 Å². The molecule has 0 heterocycles. The topological polar surface area (TPSA) is 32.3 Å². The minimum atomic E-state index is 0.0318. The van der Waals surface area contributed by atoms with Gasteiger partial charge in [0.05, 0.1) is 0 Å². The molecule has 0 saturated carbocycles. The minimum Gasteiger partial charge on any atom is -0.352 e. The Kier molecular flexibility index (Phi) is 7.91. The molecule has 0 aliphatic heterocycles. The zero-order valence-electron chi connectivity index (χ0n) is 12.2. The molecule has 3 nitrogen and oxygen atoms in total. The number of carbonyl (C=O) groups excluding carboxylic acids is 1. The van der Waals surface area contributed by atoms with Gasteiger partial charge in [-0.25, -0.2) is 0 Å². The number of carbonyl (C=O) groups is 1. The molecule has 0 aliphatic carbocycles. The van der Waals surface area contributed by atoms with Gasteiger partial charge in [0.25, 0.3) is 5.91 Å². The quantitative estimate of drug-likeness (QED) is 0.694. The highest BCUT2D eigenvalue weighted by molar-refractivity contribution is 5.94. The van der Waals surface area contributed by atoms with Gasteiger partial charge in [0, 0.05) is 12.1 Å². The highest BCUT2D eigenvalue weighted by atomic mass is 16.1. The summed E-state index contributed by atoms with van der Waals surface area (Å²) in [4.78, 5) is 14.2. The fourth-order valence-corrected chi connectivity index (χ4v) is 2.07. The van der Waals surface area contributed by atoms with Gasteiger partial charge in [-0.1, -0.05) is 38.5 Å². The summed E-state index contributed by atoms with van der Waals surface area (Å²) in [6.07, 6.45) is 3.44. The zero-order chi connectivity index (χ0) is 13.9. The lowest BCUT2D eigenvalue weighted by molar-refractivity contribution is 0.0953. The van der Waals surface area contributed by atoms with Crippen molar-refractivity contribution in [3.63, 3.8) is 0 Å². The van der Waals surface area contributed by atoms with Crippen LogP contribution < -0.4 is 5.32 Å². The Morgan fingerprint density at radius 2 is 1.74 bits per heavy atom. The molecule has 1 aromatic rings. The van der Waals surface area contributed by atoms with Gasteiger partial charge >= 0.3 is 0 Å². The molecule has 1 N–H and O–H groups in total. The van der Waals surface area contributed by atoms with Crippen molar-refractivity contribution in [2.24, 2.45) is 0 Å². The van der Waals surface area contributed by atoms with E-state index in [1.807, 2.05) is 30.3 Å². The number of rotatable bonds is 9. The van der Waals surface area contributed by atoms with Crippen LogP contribution in [-0.2, 0) is 0 Å². The Labute approximate surface area is 117 Å². The fourth-order valence-electron chi connectivity index (χ4n) is 2.07. The van der Waals surface area contributed by atoms with Gasteiger partial charge in [-0.2, -0.15) is 0 Å². The molecule has 1 rings (SSSR count). The van der Waals surface area contributed by atoms with Crippen molar-refractivity contribution in [1.82, 2.24) is 10.2 Å². The van der Waals surface area contributed by atoms with E-state index in [4.69, 9.17) is 0 Å². The standard InChI is InChI=1S/C16H26N2O/c1-3-18(4-2)14-10-6-9-13-17-16(19)15-11-7-5-8-12-15/h5,7-8,11-12H,3-4,6,9-10,13-14H2,1-2H3,(H,17,19). The lowest BCUT2D eigenvalue weighted by Crippen LogP contribution is -2.25. The Hall–Kier alpha value is -1.35. The Morgan fingerprint density at radius 3 is 2.37 bits per heavy atom. The van der Waals surface area contributed by atoms with Crippen LogP contribution in [0.25, 0.3) is 0 Å². The lowest BCUT2D eigenvalue weighted by atomic mass is 10.2. The molecule has 0 fully saturated rings. The van der Waals surface area contributed by atoms with Crippen LogP contribution in [0.1, 0.15) is 43.5 Å². The van der Waals surface area contributed by atoms with Crippen LogP contribution in [0, 0.1) is 0 Å². The molecule has 106 valence electrons. The number of nitrogens with zero attached hydrogens (tertiary/aromatic N) is 1. The summed E-state index contributed by atoms with van der Waals surface area (Å²) in [5, 5.41) is 2.96. The van der Waals surface area contributed by atoms with E-state index < -0.39 is 0 Å². The molecule has 3 heteroatoms. The lowest BCUT2D eigenvalue weighted by Gasteiger charge is -2.17. The second-order valence-corrected chi connectivity index (χ2v) is 4.71. The highest BCUT2D eigenvalue weighted by Gasteiger charge is 2.03. The van der Waals surface area contributed by atoms with Crippen LogP contribution in [0.4, 0.5) is 0 Å². The first-order valence-corrected chi connectivity index (χ1v) is 7.33. The summed E-state index contributed by atoms with van der Waals surface area (Å²) in [5.74, 6) is 0.0318. The van der Waals surface area contributed by atoms with Gasteiger partial charge in [-0.15, -0.1) is 0 Å². The molecule has 0 bridgehead atoms. The van der Waals surface area contributed by atoms with Gasteiger partial charge in [0.1, 0.15) is 0 Å². The van der Waals surface area contributed by atoms with Gasteiger partial charge in [-0.05, 0) is 44.6 Å². The van der Waals surface area contributed by atoms with Gasteiger partial charge in [-0.3, -0.25) is 4.79 Å². The SMILES string of the molecule is CCN(CC)CCCCCNC(=O)c1ccccc1. The maximum atomic E-state index is 11.8. The molecule has 0 atom stereocenters. The third-order valence-corrected chi connectivity index (χ3v) is 3.37. The van der Waals surface area contributed by atoms with Crippen LogP contribution >= 0.6 is 0 Å². The Morgan fingerprint density at radius 1 is 1.05 bits per heavy atom. The van der Waals surface area contributed by atoms with E-state index in [1.165, 1.54) is 19.4 Å². The second-order valence-electron chi connectivity index (χ2n) is 4.71. The van der Waals surface area contributed by atoms with E-state index in [1.54, 1.807) is 0 Å². The highest BCUT2D eigenvalue weighted by Crippen LogP contribution is 2.00. The molecule has 0 unspecified atom stereocenters. The van der Waals surface area contributed by atoms with E-state index in [0.29, 0.717) is 0 Å². The zero-order valence-corrected chi connectivity index (χ0v) is 12.2. The fraction of sp³-hybridized carbons (Fsp3) is 0.562. The van der Waals surface area contributed by atoms with Crippen molar-refractivity contribution < 1.29 is 4.79 Å². The van der Waals surface area contributed by atoms with Crippen LogP contribution in [-0.4, -0.2) is 37.0 Å².